The van der Waals surface area contributed by atoms with Crippen LogP contribution in [0.1, 0.15) is 25.3 Å². The van der Waals surface area contributed by atoms with Crippen molar-refractivity contribution in [2.45, 2.75) is 25.8 Å². The highest BCUT2D eigenvalue weighted by atomic mass is 16.5. The lowest BCUT2D eigenvalue weighted by atomic mass is 10.0. The van der Waals surface area contributed by atoms with Gasteiger partial charge in [-0.2, -0.15) is 0 Å². The van der Waals surface area contributed by atoms with Gasteiger partial charge in [0.1, 0.15) is 11.7 Å². The molecule has 0 spiro atoms. The second-order valence-corrected chi connectivity index (χ2v) is 4.56. The van der Waals surface area contributed by atoms with Crippen molar-refractivity contribution >= 4 is 11.7 Å². The smallest absolute Gasteiger partial charge is 0.312 e. The number of carboxylic acid groups (broad SMARTS) is 1. The van der Waals surface area contributed by atoms with Crippen LogP contribution in [0.2, 0.25) is 0 Å². The zero-order chi connectivity index (χ0) is 12.6. The quantitative estimate of drug-likeness (QED) is 0.871. The molecule has 1 heterocycles. The summed E-state index contributed by atoms with van der Waals surface area (Å²) in [6.45, 7) is 4.67. The van der Waals surface area contributed by atoms with Gasteiger partial charge in [-0.15, -0.1) is 0 Å². The maximum absolute atomic E-state index is 11.3. The van der Waals surface area contributed by atoms with Crippen LogP contribution in [0, 0.1) is 0 Å². The molecule has 17 heavy (non-hydrogen) atoms. The predicted octanol–water partition coefficient (Wildman–Crippen LogP) is 2.09. The van der Waals surface area contributed by atoms with E-state index in [1.165, 1.54) is 0 Å². The van der Waals surface area contributed by atoms with Crippen LogP contribution in [0.5, 0.6) is 5.75 Å². The van der Waals surface area contributed by atoms with E-state index in [1.54, 1.807) is 7.11 Å². The van der Waals surface area contributed by atoms with E-state index in [4.69, 9.17) is 4.74 Å². The first-order chi connectivity index (χ1) is 8.04. The molecule has 2 rings (SSSR count). The molecule has 1 atom stereocenters. The predicted molar refractivity (Wildman–Crippen MR) is 65.9 cm³/mol. The third kappa shape index (κ3) is 1.95. The summed E-state index contributed by atoms with van der Waals surface area (Å²) in [6.07, 6.45) is 0. The van der Waals surface area contributed by atoms with E-state index >= 15 is 0 Å². The standard InChI is InChI=1S/C13H17NO3/c1-8(2)14-7-11(13(15)16)10-6-9(17-3)4-5-12(10)14/h4-6,8,11H,7H2,1-3H3,(H,15,16). The van der Waals surface area contributed by atoms with E-state index in [9.17, 15) is 9.90 Å². The molecule has 0 aromatic heterocycles. The van der Waals surface area contributed by atoms with E-state index in [1.807, 2.05) is 18.2 Å². The first kappa shape index (κ1) is 11.8. The molecule has 0 bridgehead atoms. The van der Waals surface area contributed by atoms with Gasteiger partial charge >= 0.3 is 5.97 Å². The third-order valence-corrected chi connectivity index (χ3v) is 3.22. The van der Waals surface area contributed by atoms with Gasteiger partial charge in [-0.25, -0.2) is 0 Å². The summed E-state index contributed by atoms with van der Waals surface area (Å²) in [7, 11) is 1.59. The number of carbonyl (C=O) groups is 1. The molecule has 1 unspecified atom stereocenters. The number of hydrogen-bond donors (Lipinski definition) is 1. The second-order valence-electron chi connectivity index (χ2n) is 4.56. The summed E-state index contributed by atoms with van der Waals surface area (Å²) in [6, 6.07) is 5.94. The Hall–Kier alpha value is -1.71. The fraction of sp³-hybridized carbons (Fsp3) is 0.462. The average Bonchev–Trinajstić information content (AvgIpc) is 2.67. The minimum atomic E-state index is -0.775. The Morgan fingerprint density at radius 2 is 2.24 bits per heavy atom. The van der Waals surface area contributed by atoms with Crippen molar-refractivity contribution in [2.24, 2.45) is 0 Å². The number of nitrogens with zero attached hydrogens (tertiary/aromatic N) is 1. The van der Waals surface area contributed by atoms with Gasteiger partial charge in [-0.3, -0.25) is 4.79 Å². The Morgan fingerprint density at radius 3 is 2.76 bits per heavy atom. The molecule has 0 aliphatic carbocycles. The van der Waals surface area contributed by atoms with Crippen LogP contribution < -0.4 is 9.64 Å². The Balaban J connectivity index is 2.47. The largest absolute Gasteiger partial charge is 0.497 e. The van der Waals surface area contributed by atoms with Gasteiger partial charge in [0.05, 0.1) is 7.11 Å². The molecular weight excluding hydrogens is 218 g/mol. The molecule has 0 amide bonds. The Kier molecular flexibility index (Phi) is 2.96. The molecule has 0 radical (unpaired) electrons. The summed E-state index contributed by atoms with van der Waals surface area (Å²) in [5, 5.41) is 9.26. The molecule has 4 heteroatoms. The number of rotatable bonds is 3. The van der Waals surface area contributed by atoms with Crippen molar-refractivity contribution in [2.75, 3.05) is 18.6 Å². The zero-order valence-corrected chi connectivity index (χ0v) is 10.3. The number of hydrogen-bond acceptors (Lipinski definition) is 3. The Bertz CT molecular complexity index is 442. The lowest BCUT2D eigenvalue weighted by Crippen LogP contribution is -2.30. The first-order valence-corrected chi connectivity index (χ1v) is 5.72. The molecule has 0 fully saturated rings. The van der Waals surface area contributed by atoms with E-state index in [2.05, 4.69) is 18.7 Å². The minimum Gasteiger partial charge on any atom is -0.497 e. The lowest BCUT2D eigenvalue weighted by molar-refractivity contribution is -0.138. The summed E-state index contributed by atoms with van der Waals surface area (Å²) in [5.74, 6) is -0.522. The number of ether oxygens (including phenoxy) is 1. The second kappa shape index (κ2) is 4.28. The maximum atomic E-state index is 11.3. The van der Waals surface area contributed by atoms with Crippen molar-refractivity contribution < 1.29 is 14.6 Å². The van der Waals surface area contributed by atoms with Crippen LogP contribution in [-0.2, 0) is 4.79 Å². The third-order valence-electron chi connectivity index (χ3n) is 3.22. The van der Waals surface area contributed by atoms with Crippen LogP contribution in [0.3, 0.4) is 0 Å². The Morgan fingerprint density at radius 1 is 1.53 bits per heavy atom. The van der Waals surface area contributed by atoms with Gasteiger partial charge in [0.2, 0.25) is 0 Å². The molecule has 0 saturated carbocycles. The van der Waals surface area contributed by atoms with Crippen LogP contribution in [-0.4, -0.2) is 30.8 Å². The SMILES string of the molecule is COc1ccc2c(c1)C(C(=O)O)CN2C(C)C. The van der Waals surface area contributed by atoms with Crippen LogP contribution >= 0.6 is 0 Å². The number of benzene rings is 1. The number of fused-ring (bicyclic) bond motifs is 1. The topological polar surface area (TPSA) is 49.8 Å². The van der Waals surface area contributed by atoms with Crippen molar-refractivity contribution in [3.63, 3.8) is 0 Å². The van der Waals surface area contributed by atoms with Gasteiger partial charge in [-0.05, 0) is 37.6 Å². The van der Waals surface area contributed by atoms with E-state index < -0.39 is 11.9 Å². The monoisotopic (exact) mass is 235 g/mol. The van der Waals surface area contributed by atoms with E-state index in [0.29, 0.717) is 18.3 Å². The lowest BCUT2D eigenvalue weighted by Gasteiger charge is -2.24. The minimum absolute atomic E-state index is 0.298. The molecule has 1 aromatic carbocycles. The van der Waals surface area contributed by atoms with Crippen molar-refractivity contribution in [1.29, 1.82) is 0 Å². The summed E-state index contributed by atoms with van der Waals surface area (Å²) >= 11 is 0. The molecular formula is C13H17NO3. The zero-order valence-electron chi connectivity index (χ0n) is 10.3. The number of carboxylic acids is 1. The highest BCUT2D eigenvalue weighted by Crippen LogP contribution is 2.39. The van der Waals surface area contributed by atoms with E-state index in [-0.39, 0.29) is 0 Å². The van der Waals surface area contributed by atoms with Gasteiger partial charge in [-0.1, -0.05) is 0 Å². The van der Waals surface area contributed by atoms with Crippen molar-refractivity contribution in [3.05, 3.63) is 23.8 Å². The van der Waals surface area contributed by atoms with Crippen molar-refractivity contribution in [1.82, 2.24) is 0 Å². The Labute approximate surface area is 101 Å². The fourth-order valence-electron chi connectivity index (χ4n) is 2.29. The van der Waals surface area contributed by atoms with Gasteiger partial charge in [0.15, 0.2) is 0 Å². The number of anilines is 1. The van der Waals surface area contributed by atoms with Gasteiger partial charge < -0.3 is 14.7 Å². The summed E-state index contributed by atoms with van der Waals surface area (Å²) < 4.78 is 5.15. The molecule has 92 valence electrons. The molecule has 1 aromatic rings. The molecule has 1 aliphatic rings. The van der Waals surface area contributed by atoms with Gasteiger partial charge in [0, 0.05) is 18.3 Å². The number of aliphatic carboxylic acids is 1. The highest BCUT2D eigenvalue weighted by molar-refractivity contribution is 5.83. The van der Waals surface area contributed by atoms with E-state index in [0.717, 1.165) is 11.3 Å². The highest BCUT2D eigenvalue weighted by Gasteiger charge is 2.34. The summed E-state index contributed by atoms with van der Waals surface area (Å²) in [5.41, 5.74) is 1.86. The molecule has 4 nitrogen and oxygen atoms in total. The first-order valence-electron chi connectivity index (χ1n) is 5.72. The molecule has 1 N–H and O–H groups in total. The van der Waals surface area contributed by atoms with Crippen LogP contribution in [0.4, 0.5) is 5.69 Å². The normalized spacial score (nSPS) is 18.4. The molecule has 1 aliphatic heterocycles. The van der Waals surface area contributed by atoms with Gasteiger partial charge in [0.25, 0.3) is 0 Å². The number of methoxy groups -OCH3 is 1. The maximum Gasteiger partial charge on any atom is 0.312 e. The average molecular weight is 235 g/mol. The van der Waals surface area contributed by atoms with Crippen molar-refractivity contribution in [3.8, 4) is 5.75 Å². The van der Waals surface area contributed by atoms with Crippen LogP contribution in [0.15, 0.2) is 18.2 Å². The molecule has 0 saturated heterocycles. The summed E-state index contributed by atoms with van der Waals surface area (Å²) in [4.78, 5) is 13.4. The van der Waals surface area contributed by atoms with Crippen LogP contribution in [0.25, 0.3) is 0 Å². The fourth-order valence-corrected chi connectivity index (χ4v) is 2.29.